The number of ether oxygens (including phenoxy) is 1. The van der Waals surface area contributed by atoms with Gasteiger partial charge < -0.3 is 9.30 Å². The van der Waals surface area contributed by atoms with Crippen LogP contribution in [0.1, 0.15) is 45.6 Å². The molecule has 2 aromatic heterocycles. The molecule has 0 radical (unpaired) electrons. The molecule has 1 aromatic carbocycles. The lowest BCUT2D eigenvalue weighted by Gasteiger charge is -2.07. The number of esters is 1. The van der Waals surface area contributed by atoms with E-state index >= 15 is 0 Å². The summed E-state index contributed by atoms with van der Waals surface area (Å²) in [7, 11) is 0. The summed E-state index contributed by atoms with van der Waals surface area (Å²) < 4.78 is 8.86. The van der Waals surface area contributed by atoms with Crippen LogP contribution in [0.15, 0.2) is 30.3 Å². The first kappa shape index (κ1) is 14.5. The van der Waals surface area contributed by atoms with Crippen molar-refractivity contribution < 1.29 is 9.53 Å². The van der Waals surface area contributed by atoms with Gasteiger partial charge in [0.1, 0.15) is 11.6 Å². The molecule has 23 heavy (non-hydrogen) atoms. The summed E-state index contributed by atoms with van der Waals surface area (Å²) >= 11 is 1.57. The third-order valence-electron chi connectivity index (χ3n) is 4.28. The van der Waals surface area contributed by atoms with Crippen LogP contribution in [-0.2, 0) is 11.3 Å². The van der Waals surface area contributed by atoms with Crippen LogP contribution < -0.4 is 0 Å². The molecule has 0 saturated heterocycles. The maximum Gasteiger partial charge on any atom is 0.340 e. The quantitative estimate of drug-likeness (QED) is 0.667. The van der Waals surface area contributed by atoms with Gasteiger partial charge in [0.2, 0.25) is 0 Å². The molecule has 0 atom stereocenters. The van der Waals surface area contributed by atoms with Crippen LogP contribution in [0.2, 0.25) is 0 Å². The van der Waals surface area contributed by atoms with Crippen molar-refractivity contribution in [1.82, 2.24) is 9.55 Å². The van der Waals surface area contributed by atoms with Gasteiger partial charge in [-0.05, 0) is 44.9 Å². The van der Waals surface area contributed by atoms with E-state index in [-0.39, 0.29) is 12.6 Å². The van der Waals surface area contributed by atoms with Crippen molar-refractivity contribution in [3.63, 3.8) is 0 Å². The summed E-state index contributed by atoms with van der Waals surface area (Å²) in [5.74, 6) is -0.260. The highest BCUT2D eigenvalue weighted by molar-refractivity contribution is 7.18. The van der Waals surface area contributed by atoms with E-state index in [1.165, 1.54) is 12.8 Å². The van der Waals surface area contributed by atoms with Gasteiger partial charge in [-0.3, -0.25) is 0 Å². The van der Waals surface area contributed by atoms with E-state index in [2.05, 4.69) is 16.5 Å². The molecule has 4 nitrogen and oxygen atoms in total. The van der Waals surface area contributed by atoms with Gasteiger partial charge in [-0.1, -0.05) is 12.1 Å². The Kier molecular flexibility index (Phi) is 3.45. The van der Waals surface area contributed by atoms with E-state index in [1.54, 1.807) is 11.3 Å². The Morgan fingerprint density at radius 3 is 2.87 bits per heavy atom. The van der Waals surface area contributed by atoms with Crippen LogP contribution >= 0.6 is 11.3 Å². The molecule has 4 rings (SSSR count). The van der Waals surface area contributed by atoms with Gasteiger partial charge in [0.25, 0.3) is 0 Å². The summed E-state index contributed by atoms with van der Waals surface area (Å²) in [5, 5.41) is 0.829. The summed E-state index contributed by atoms with van der Waals surface area (Å²) in [6.07, 6.45) is 2.41. The first-order valence-corrected chi connectivity index (χ1v) is 8.65. The van der Waals surface area contributed by atoms with Crippen molar-refractivity contribution in [3.05, 3.63) is 52.3 Å². The number of carbonyl (C=O) groups excluding carboxylic acids is 1. The number of para-hydroxylation sites is 1. The van der Waals surface area contributed by atoms with E-state index in [1.807, 2.05) is 37.3 Å². The molecule has 118 valence electrons. The van der Waals surface area contributed by atoms with Crippen molar-refractivity contribution in [1.29, 1.82) is 0 Å². The lowest BCUT2D eigenvalue weighted by Crippen LogP contribution is -2.07. The lowest BCUT2D eigenvalue weighted by atomic mass is 10.2. The number of hydrogen-bond acceptors (Lipinski definition) is 4. The van der Waals surface area contributed by atoms with Crippen LogP contribution in [-0.4, -0.2) is 15.5 Å². The molecular weight excluding hydrogens is 308 g/mol. The third-order valence-corrected chi connectivity index (χ3v) is 5.29. The summed E-state index contributed by atoms with van der Waals surface area (Å²) in [6, 6.07) is 10.5. The average Bonchev–Trinajstić information content (AvgIpc) is 3.20. The fourth-order valence-corrected chi connectivity index (χ4v) is 3.95. The minimum atomic E-state index is -0.260. The topological polar surface area (TPSA) is 44.1 Å². The maximum atomic E-state index is 12.4. The number of hydrogen-bond donors (Lipinski definition) is 0. The molecule has 0 unspecified atom stereocenters. The number of carbonyl (C=O) groups is 1. The zero-order valence-corrected chi connectivity index (χ0v) is 14.0. The van der Waals surface area contributed by atoms with Gasteiger partial charge in [0.05, 0.1) is 15.8 Å². The Bertz CT molecular complexity index is 857. The second-order valence-electron chi connectivity index (χ2n) is 6.04. The van der Waals surface area contributed by atoms with Crippen LogP contribution in [0.25, 0.3) is 10.2 Å². The fraction of sp³-hybridized carbons (Fsp3) is 0.333. The number of benzene rings is 1. The van der Waals surface area contributed by atoms with Crippen molar-refractivity contribution >= 4 is 27.5 Å². The minimum absolute atomic E-state index is 0.227. The van der Waals surface area contributed by atoms with Gasteiger partial charge >= 0.3 is 5.97 Å². The summed E-state index contributed by atoms with van der Waals surface area (Å²) in [6.45, 7) is 4.28. The van der Waals surface area contributed by atoms with Crippen molar-refractivity contribution in [3.8, 4) is 0 Å². The zero-order valence-electron chi connectivity index (χ0n) is 13.2. The normalized spacial score (nSPS) is 14.3. The number of thiazole rings is 1. The van der Waals surface area contributed by atoms with Crippen molar-refractivity contribution in [2.45, 2.75) is 39.3 Å². The minimum Gasteiger partial charge on any atom is -0.455 e. The number of aryl methyl sites for hydroxylation is 1. The van der Waals surface area contributed by atoms with E-state index in [0.29, 0.717) is 11.6 Å². The molecule has 1 fully saturated rings. The number of nitrogens with zero attached hydrogens (tertiary/aromatic N) is 2. The molecule has 0 amide bonds. The standard InChI is InChI=1S/C18H18N2O2S/c1-11-9-14(12(2)20(11)13-7-8-13)18(21)22-10-17-19-15-5-3-4-6-16(15)23-17/h3-6,9,13H,7-8,10H2,1-2H3. The average molecular weight is 326 g/mol. The Hall–Kier alpha value is -2.14. The Morgan fingerprint density at radius 1 is 1.35 bits per heavy atom. The fourth-order valence-electron chi connectivity index (χ4n) is 3.07. The van der Waals surface area contributed by atoms with Gasteiger partial charge in [-0.25, -0.2) is 9.78 Å². The van der Waals surface area contributed by atoms with E-state index in [9.17, 15) is 4.79 Å². The monoisotopic (exact) mass is 326 g/mol. The molecule has 1 aliphatic carbocycles. The smallest absolute Gasteiger partial charge is 0.340 e. The highest BCUT2D eigenvalue weighted by Gasteiger charge is 2.28. The molecule has 0 spiro atoms. The molecule has 3 aromatic rings. The number of rotatable bonds is 4. The molecule has 0 bridgehead atoms. The number of aromatic nitrogens is 2. The van der Waals surface area contributed by atoms with Crippen LogP contribution in [0.4, 0.5) is 0 Å². The molecule has 5 heteroatoms. The predicted octanol–water partition coefficient (Wildman–Crippen LogP) is 4.41. The van der Waals surface area contributed by atoms with Crippen LogP contribution in [0.5, 0.6) is 0 Å². The molecule has 2 heterocycles. The Labute approximate surface area is 138 Å². The zero-order chi connectivity index (χ0) is 16.0. The third kappa shape index (κ3) is 2.65. The largest absolute Gasteiger partial charge is 0.455 e. The summed E-state index contributed by atoms with van der Waals surface area (Å²) in [4.78, 5) is 16.9. The van der Waals surface area contributed by atoms with Gasteiger partial charge in [0.15, 0.2) is 0 Å². The van der Waals surface area contributed by atoms with E-state index in [4.69, 9.17) is 4.74 Å². The first-order chi connectivity index (χ1) is 11.1. The molecule has 0 aliphatic heterocycles. The molecular formula is C18H18N2O2S. The van der Waals surface area contributed by atoms with Crippen molar-refractivity contribution in [2.75, 3.05) is 0 Å². The maximum absolute atomic E-state index is 12.4. The summed E-state index contributed by atoms with van der Waals surface area (Å²) in [5.41, 5.74) is 3.78. The van der Waals surface area contributed by atoms with Gasteiger partial charge in [-0.2, -0.15) is 0 Å². The molecule has 0 N–H and O–H groups in total. The highest BCUT2D eigenvalue weighted by atomic mass is 32.1. The Balaban J connectivity index is 1.50. The van der Waals surface area contributed by atoms with Crippen LogP contribution in [0.3, 0.4) is 0 Å². The van der Waals surface area contributed by atoms with Crippen molar-refractivity contribution in [2.24, 2.45) is 0 Å². The van der Waals surface area contributed by atoms with Gasteiger partial charge in [-0.15, -0.1) is 11.3 Å². The Morgan fingerprint density at radius 2 is 2.13 bits per heavy atom. The molecule has 1 aliphatic rings. The van der Waals surface area contributed by atoms with Crippen LogP contribution in [0, 0.1) is 13.8 Å². The number of fused-ring (bicyclic) bond motifs is 1. The lowest BCUT2D eigenvalue weighted by molar-refractivity contribution is 0.0471. The second kappa shape index (κ2) is 5.49. The highest BCUT2D eigenvalue weighted by Crippen LogP contribution is 2.38. The van der Waals surface area contributed by atoms with E-state index < -0.39 is 0 Å². The first-order valence-electron chi connectivity index (χ1n) is 7.83. The molecule has 1 saturated carbocycles. The second-order valence-corrected chi connectivity index (χ2v) is 7.15. The SMILES string of the molecule is Cc1cc(C(=O)OCc2nc3ccccc3s2)c(C)n1C1CC1. The van der Waals surface area contributed by atoms with E-state index in [0.717, 1.165) is 26.6 Å². The predicted molar refractivity (Wildman–Crippen MR) is 90.9 cm³/mol. The van der Waals surface area contributed by atoms with Gasteiger partial charge in [0, 0.05) is 17.4 Å².